The first-order valence-corrected chi connectivity index (χ1v) is 7.20. The van der Waals surface area contributed by atoms with Crippen molar-refractivity contribution in [1.82, 2.24) is 15.2 Å². The van der Waals surface area contributed by atoms with E-state index < -0.39 is 29.8 Å². The fourth-order valence-corrected chi connectivity index (χ4v) is 2.22. The number of aliphatic carboxylic acids is 1. The van der Waals surface area contributed by atoms with Gasteiger partial charge in [0, 0.05) is 19.2 Å². The minimum absolute atomic E-state index is 0.0593. The fraction of sp³-hybridized carbons (Fsp3) is 0.500. The highest BCUT2D eigenvalue weighted by Gasteiger charge is 2.33. The van der Waals surface area contributed by atoms with Gasteiger partial charge in [-0.15, -0.1) is 0 Å². The number of nitrogens with zero attached hydrogens (tertiary/aromatic N) is 2. The standard InChI is InChI=1S/C14H16F3N3O4/c15-14(16,17)10-2-1-3-11(19-10)24-7-5-18-13(23)20-6-4-9(8-20)12(21)22/h1-3,9H,4-8H2,(H,18,23)(H,21,22). The number of alkyl halides is 3. The highest BCUT2D eigenvalue weighted by molar-refractivity contribution is 5.77. The van der Waals surface area contributed by atoms with Gasteiger partial charge in [-0.25, -0.2) is 9.78 Å². The quantitative estimate of drug-likeness (QED) is 0.790. The summed E-state index contributed by atoms with van der Waals surface area (Å²) in [6, 6.07) is 2.87. The highest BCUT2D eigenvalue weighted by atomic mass is 19.4. The number of hydrogen-bond donors (Lipinski definition) is 2. The van der Waals surface area contributed by atoms with Crippen molar-refractivity contribution in [2.75, 3.05) is 26.2 Å². The van der Waals surface area contributed by atoms with Crippen LogP contribution in [0.5, 0.6) is 5.88 Å². The van der Waals surface area contributed by atoms with E-state index in [4.69, 9.17) is 9.84 Å². The summed E-state index contributed by atoms with van der Waals surface area (Å²) in [5.41, 5.74) is -1.05. The van der Waals surface area contributed by atoms with E-state index in [1.165, 1.54) is 17.0 Å². The van der Waals surface area contributed by atoms with E-state index in [1.807, 2.05) is 0 Å². The lowest BCUT2D eigenvalue weighted by Gasteiger charge is -2.16. The summed E-state index contributed by atoms with van der Waals surface area (Å²) in [6.45, 7) is 0.483. The first-order chi connectivity index (χ1) is 11.3. The van der Waals surface area contributed by atoms with Gasteiger partial charge in [0.25, 0.3) is 0 Å². The highest BCUT2D eigenvalue weighted by Crippen LogP contribution is 2.28. The van der Waals surface area contributed by atoms with Gasteiger partial charge in [0.1, 0.15) is 12.3 Å². The molecule has 2 heterocycles. The van der Waals surface area contributed by atoms with Crippen molar-refractivity contribution in [1.29, 1.82) is 0 Å². The van der Waals surface area contributed by atoms with Crippen LogP contribution in [-0.2, 0) is 11.0 Å². The molecule has 10 heteroatoms. The van der Waals surface area contributed by atoms with Gasteiger partial charge in [0.05, 0.1) is 12.5 Å². The molecule has 0 radical (unpaired) electrons. The van der Waals surface area contributed by atoms with Gasteiger partial charge < -0.3 is 20.1 Å². The maximum Gasteiger partial charge on any atom is 0.433 e. The molecule has 1 aliphatic heterocycles. The van der Waals surface area contributed by atoms with E-state index in [-0.39, 0.29) is 25.6 Å². The zero-order valence-corrected chi connectivity index (χ0v) is 12.5. The number of aromatic nitrogens is 1. The zero-order valence-electron chi connectivity index (χ0n) is 12.5. The van der Waals surface area contributed by atoms with Gasteiger partial charge >= 0.3 is 18.2 Å². The SMILES string of the molecule is O=C(O)C1CCN(C(=O)NCCOc2cccc(C(F)(F)F)n2)C1. The molecule has 1 aromatic rings. The molecule has 24 heavy (non-hydrogen) atoms. The Morgan fingerprint density at radius 2 is 2.17 bits per heavy atom. The van der Waals surface area contributed by atoms with Crippen molar-refractivity contribution < 1.29 is 32.6 Å². The van der Waals surface area contributed by atoms with E-state index >= 15 is 0 Å². The molecule has 1 saturated heterocycles. The van der Waals surface area contributed by atoms with E-state index in [9.17, 15) is 22.8 Å². The number of amides is 2. The van der Waals surface area contributed by atoms with Crippen LogP contribution in [-0.4, -0.2) is 53.2 Å². The second-order valence-electron chi connectivity index (χ2n) is 5.21. The van der Waals surface area contributed by atoms with Crippen LogP contribution in [0.15, 0.2) is 18.2 Å². The van der Waals surface area contributed by atoms with Crippen LogP contribution < -0.4 is 10.1 Å². The second-order valence-corrected chi connectivity index (χ2v) is 5.21. The molecule has 1 unspecified atom stereocenters. The molecule has 132 valence electrons. The molecular weight excluding hydrogens is 331 g/mol. The van der Waals surface area contributed by atoms with Gasteiger partial charge in [-0.1, -0.05) is 6.07 Å². The Labute approximate surface area is 135 Å². The number of urea groups is 1. The summed E-state index contributed by atoms with van der Waals surface area (Å²) in [6.07, 6.45) is -4.16. The normalized spacial score (nSPS) is 17.6. The molecule has 1 atom stereocenters. The number of rotatable bonds is 5. The van der Waals surface area contributed by atoms with Gasteiger partial charge in [-0.3, -0.25) is 4.79 Å². The predicted octanol–water partition coefficient (Wildman–Crippen LogP) is 1.60. The van der Waals surface area contributed by atoms with Crippen LogP contribution in [0, 0.1) is 5.92 Å². The molecule has 0 aliphatic carbocycles. The van der Waals surface area contributed by atoms with Crippen LogP contribution in [0.2, 0.25) is 0 Å². The van der Waals surface area contributed by atoms with E-state index in [1.54, 1.807) is 0 Å². The number of halogens is 3. The fourth-order valence-electron chi connectivity index (χ4n) is 2.22. The number of nitrogens with one attached hydrogen (secondary N) is 1. The maximum absolute atomic E-state index is 12.5. The Balaban J connectivity index is 1.73. The van der Waals surface area contributed by atoms with Crippen molar-refractivity contribution in [2.24, 2.45) is 5.92 Å². The van der Waals surface area contributed by atoms with Gasteiger partial charge in [0.15, 0.2) is 0 Å². The van der Waals surface area contributed by atoms with Crippen LogP contribution in [0.3, 0.4) is 0 Å². The van der Waals surface area contributed by atoms with Crippen molar-refractivity contribution in [2.45, 2.75) is 12.6 Å². The monoisotopic (exact) mass is 347 g/mol. The number of pyridine rings is 1. The van der Waals surface area contributed by atoms with Crippen molar-refractivity contribution in [3.05, 3.63) is 23.9 Å². The number of carbonyl (C=O) groups is 2. The molecule has 1 fully saturated rings. The van der Waals surface area contributed by atoms with Crippen LogP contribution >= 0.6 is 0 Å². The van der Waals surface area contributed by atoms with Crippen molar-refractivity contribution >= 4 is 12.0 Å². The van der Waals surface area contributed by atoms with Crippen molar-refractivity contribution in [3.63, 3.8) is 0 Å². The second kappa shape index (κ2) is 7.37. The topological polar surface area (TPSA) is 91.8 Å². The Bertz CT molecular complexity index is 609. The molecule has 2 N–H and O–H groups in total. The number of ether oxygens (including phenoxy) is 1. The van der Waals surface area contributed by atoms with Crippen LogP contribution in [0.25, 0.3) is 0 Å². The zero-order chi connectivity index (χ0) is 17.7. The number of carbonyl (C=O) groups excluding carboxylic acids is 1. The molecule has 1 aliphatic rings. The van der Waals surface area contributed by atoms with E-state index in [2.05, 4.69) is 10.3 Å². The third-order valence-electron chi connectivity index (χ3n) is 3.47. The number of carboxylic acid groups (broad SMARTS) is 1. The summed E-state index contributed by atoms with van der Waals surface area (Å²) in [5, 5.41) is 11.4. The summed E-state index contributed by atoms with van der Waals surface area (Å²) in [5.74, 6) is -1.70. The minimum Gasteiger partial charge on any atom is -0.481 e. The Morgan fingerprint density at radius 3 is 2.79 bits per heavy atom. The average Bonchev–Trinajstić information content (AvgIpc) is 3.01. The maximum atomic E-state index is 12.5. The lowest BCUT2D eigenvalue weighted by molar-refractivity contribution is -0.142. The van der Waals surface area contributed by atoms with E-state index in [0.717, 1.165) is 6.07 Å². The molecule has 0 spiro atoms. The molecule has 0 bridgehead atoms. The molecule has 1 aromatic heterocycles. The average molecular weight is 347 g/mol. The number of likely N-dealkylation sites (tertiary alicyclic amines) is 1. The summed E-state index contributed by atoms with van der Waals surface area (Å²) in [7, 11) is 0. The minimum atomic E-state index is -4.55. The third kappa shape index (κ3) is 4.74. The molecule has 0 aromatic carbocycles. The molecule has 7 nitrogen and oxygen atoms in total. The molecule has 0 saturated carbocycles. The van der Waals surface area contributed by atoms with Crippen molar-refractivity contribution in [3.8, 4) is 5.88 Å². The Morgan fingerprint density at radius 1 is 1.42 bits per heavy atom. The smallest absolute Gasteiger partial charge is 0.433 e. The first-order valence-electron chi connectivity index (χ1n) is 7.20. The summed E-state index contributed by atoms with van der Waals surface area (Å²) >= 11 is 0. The van der Waals surface area contributed by atoms with Gasteiger partial charge in [-0.2, -0.15) is 13.2 Å². The number of hydrogen-bond acceptors (Lipinski definition) is 4. The van der Waals surface area contributed by atoms with Gasteiger partial charge in [0.2, 0.25) is 5.88 Å². The van der Waals surface area contributed by atoms with Crippen LogP contribution in [0.1, 0.15) is 12.1 Å². The first kappa shape index (κ1) is 17.8. The largest absolute Gasteiger partial charge is 0.481 e. The predicted molar refractivity (Wildman–Crippen MR) is 75.4 cm³/mol. The molecule has 2 amide bonds. The Kier molecular flexibility index (Phi) is 5.47. The molecular formula is C14H16F3N3O4. The lowest BCUT2D eigenvalue weighted by atomic mass is 10.1. The number of carboxylic acids is 1. The van der Waals surface area contributed by atoms with Gasteiger partial charge in [-0.05, 0) is 12.5 Å². The lowest BCUT2D eigenvalue weighted by Crippen LogP contribution is -2.40. The van der Waals surface area contributed by atoms with E-state index in [0.29, 0.717) is 13.0 Å². The third-order valence-corrected chi connectivity index (χ3v) is 3.47. The summed E-state index contributed by atoms with van der Waals surface area (Å²) in [4.78, 5) is 27.3. The Hall–Kier alpha value is -2.52. The molecule has 2 rings (SSSR count). The van der Waals surface area contributed by atoms with Crippen LogP contribution in [0.4, 0.5) is 18.0 Å². The summed E-state index contributed by atoms with van der Waals surface area (Å²) < 4.78 is 42.6.